The number of hydrogen-bond acceptors (Lipinski definition) is 2. The Morgan fingerprint density at radius 3 is 2.18 bits per heavy atom. The van der Waals surface area contributed by atoms with Crippen LogP contribution in [0.15, 0.2) is 35.3 Å². The summed E-state index contributed by atoms with van der Waals surface area (Å²) < 4.78 is 0. The van der Waals surface area contributed by atoms with Crippen LogP contribution in [0.5, 0.6) is 0 Å². The van der Waals surface area contributed by atoms with Crippen molar-refractivity contribution in [3.8, 4) is 0 Å². The molecule has 1 aliphatic rings. The number of carbonyl (C=O) groups is 1. The quantitative estimate of drug-likeness (QED) is 0.764. The van der Waals surface area contributed by atoms with E-state index in [0.717, 1.165) is 17.0 Å². The van der Waals surface area contributed by atoms with E-state index < -0.39 is 0 Å². The van der Waals surface area contributed by atoms with Crippen LogP contribution in [0, 0.1) is 6.92 Å². The maximum Gasteiger partial charge on any atom is 0.253 e. The van der Waals surface area contributed by atoms with Crippen molar-refractivity contribution in [3.05, 3.63) is 41.5 Å². The maximum absolute atomic E-state index is 12.6. The minimum Gasteiger partial charge on any atom is -0.288 e. The molecule has 1 aromatic rings. The van der Waals surface area contributed by atoms with Gasteiger partial charge in [0, 0.05) is 17.2 Å². The van der Waals surface area contributed by atoms with Gasteiger partial charge in [0.2, 0.25) is 0 Å². The van der Waals surface area contributed by atoms with Gasteiger partial charge in [0.25, 0.3) is 5.91 Å². The number of amides is 1. The zero-order valence-electron chi connectivity index (χ0n) is 14.7. The predicted octanol–water partition coefficient (Wildman–Crippen LogP) is 4.22. The van der Waals surface area contributed by atoms with E-state index >= 15 is 0 Å². The van der Waals surface area contributed by atoms with Gasteiger partial charge in [0.05, 0.1) is 5.54 Å². The molecular formula is C19H26N2O. The second-order valence-corrected chi connectivity index (χ2v) is 7.88. The number of nitrogens with zero attached hydrogens (tertiary/aromatic N) is 2. The van der Waals surface area contributed by atoms with Crippen LogP contribution in [-0.4, -0.2) is 27.7 Å². The third-order valence-corrected chi connectivity index (χ3v) is 3.38. The Bertz CT molecular complexity index is 655. The van der Waals surface area contributed by atoms with E-state index in [0.29, 0.717) is 0 Å². The zero-order valence-corrected chi connectivity index (χ0v) is 14.7. The highest BCUT2D eigenvalue weighted by Gasteiger charge is 2.38. The van der Waals surface area contributed by atoms with Crippen molar-refractivity contribution >= 4 is 17.3 Å². The molecule has 0 radical (unpaired) electrons. The number of aryl methyl sites for hydroxylation is 1. The summed E-state index contributed by atoms with van der Waals surface area (Å²) in [7, 11) is 0. The molecule has 0 aliphatic carbocycles. The van der Waals surface area contributed by atoms with Gasteiger partial charge in [-0.05, 0) is 54.0 Å². The van der Waals surface area contributed by atoms with Gasteiger partial charge in [-0.2, -0.15) is 0 Å². The summed E-state index contributed by atoms with van der Waals surface area (Å²) in [6.45, 7) is 14.3. The lowest BCUT2D eigenvalue weighted by Crippen LogP contribution is -2.46. The summed E-state index contributed by atoms with van der Waals surface area (Å²) in [6.07, 6.45) is 1.71. The van der Waals surface area contributed by atoms with Crippen LogP contribution in [0.25, 0.3) is 5.57 Å². The highest BCUT2D eigenvalue weighted by molar-refractivity contribution is 6.36. The number of rotatable bonds is 1. The molecule has 0 fully saturated rings. The van der Waals surface area contributed by atoms with Gasteiger partial charge in [-0.3, -0.25) is 14.7 Å². The number of aliphatic imine (C=N–C) groups is 1. The SMILES string of the molecule is Cc1cccc(C2=CC(=O)N(C(C)(C)C)C2=NC(C)(C)C)c1. The monoisotopic (exact) mass is 298 g/mol. The minimum absolute atomic E-state index is 0.00649. The van der Waals surface area contributed by atoms with E-state index in [1.54, 1.807) is 11.0 Å². The predicted molar refractivity (Wildman–Crippen MR) is 92.9 cm³/mol. The van der Waals surface area contributed by atoms with Crippen molar-refractivity contribution in [2.24, 2.45) is 4.99 Å². The van der Waals surface area contributed by atoms with E-state index in [2.05, 4.69) is 39.8 Å². The van der Waals surface area contributed by atoms with E-state index in [1.165, 1.54) is 5.56 Å². The molecule has 0 aromatic heterocycles. The lowest BCUT2D eigenvalue weighted by atomic mass is 10.0. The van der Waals surface area contributed by atoms with E-state index in [1.807, 2.05) is 32.9 Å². The molecule has 2 rings (SSSR count). The largest absolute Gasteiger partial charge is 0.288 e. The van der Waals surface area contributed by atoms with Gasteiger partial charge >= 0.3 is 0 Å². The Balaban J connectivity index is 2.60. The Labute approximate surface area is 133 Å². The molecule has 0 atom stereocenters. The van der Waals surface area contributed by atoms with Crippen molar-refractivity contribution in [1.82, 2.24) is 4.90 Å². The van der Waals surface area contributed by atoms with Gasteiger partial charge in [-0.1, -0.05) is 29.8 Å². The van der Waals surface area contributed by atoms with E-state index in [9.17, 15) is 4.79 Å². The molecule has 118 valence electrons. The first-order valence-corrected chi connectivity index (χ1v) is 7.72. The van der Waals surface area contributed by atoms with Crippen molar-refractivity contribution in [2.45, 2.75) is 59.5 Å². The Morgan fingerprint density at radius 1 is 1.05 bits per heavy atom. The normalized spacial score (nSPS) is 18.1. The topological polar surface area (TPSA) is 32.7 Å². The fourth-order valence-electron chi connectivity index (χ4n) is 2.58. The summed E-state index contributed by atoms with van der Waals surface area (Å²) in [5, 5.41) is 0. The fraction of sp³-hybridized carbons (Fsp3) is 0.474. The average Bonchev–Trinajstić information content (AvgIpc) is 2.63. The molecule has 0 N–H and O–H groups in total. The lowest BCUT2D eigenvalue weighted by Gasteiger charge is -2.34. The standard InChI is InChI=1S/C19H26N2O/c1-13-9-8-10-14(11-13)15-12-16(22)21(19(5,6)7)17(15)20-18(2,3)4/h8-12H,1-7H3. The van der Waals surface area contributed by atoms with Gasteiger partial charge in [-0.15, -0.1) is 0 Å². The zero-order chi connectivity index (χ0) is 16.7. The van der Waals surface area contributed by atoms with E-state index in [-0.39, 0.29) is 17.0 Å². The first kappa shape index (κ1) is 16.5. The number of benzene rings is 1. The Morgan fingerprint density at radius 2 is 1.68 bits per heavy atom. The maximum atomic E-state index is 12.6. The Hall–Kier alpha value is -1.90. The van der Waals surface area contributed by atoms with Crippen molar-refractivity contribution in [1.29, 1.82) is 0 Å². The van der Waals surface area contributed by atoms with Gasteiger partial charge in [0.15, 0.2) is 0 Å². The van der Waals surface area contributed by atoms with Crippen LogP contribution in [-0.2, 0) is 4.79 Å². The molecule has 1 amide bonds. The van der Waals surface area contributed by atoms with Crippen LogP contribution in [0.2, 0.25) is 0 Å². The van der Waals surface area contributed by atoms with Gasteiger partial charge < -0.3 is 0 Å². The molecular weight excluding hydrogens is 272 g/mol. The molecule has 3 nitrogen and oxygen atoms in total. The number of hydrogen-bond donors (Lipinski definition) is 0. The fourth-order valence-corrected chi connectivity index (χ4v) is 2.58. The van der Waals surface area contributed by atoms with Crippen LogP contribution in [0.4, 0.5) is 0 Å². The van der Waals surface area contributed by atoms with E-state index in [4.69, 9.17) is 4.99 Å². The third-order valence-electron chi connectivity index (χ3n) is 3.38. The molecule has 3 heteroatoms. The Kier molecular flexibility index (Phi) is 4.03. The smallest absolute Gasteiger partial charge is 0.253 e. The molecule has 0 bridgehead atoms. The van der Waals surface area contributed by atoms with Gasteiger partial charge in [0.1, 0.15) is 5.84 Å². The second-order valence-electron chi connectivity index (χ2n) is 7.88. The van der Waals surface area contributed by atoms with Crippen molar-refractivity contribution < 1.29 is 4.79 Å². The highest BCUT2D eigenvalue weighted by atomic mass is 16.2. The molecule has 1 heterocycles. The van der Waals surface area contributed by atoms with Crippen molar-refractivity contribution in [2.75, 3.05) is 0 Å². The first-order valence-electron chi connectivity index (χ1n) is 7.72. The molecule has 1 aliphatic heterocycles. The number of carbonyl (C=O) groups excluding carboxylic acids is 1. The summed E-state index contributed by atoms with van der Waals surface area (Å²) in [5.74, 6) is 0.780. The summed E-state index contributed by atoms with van der Waals surface area (Å²) in [4.78, 5) is 19.2. The molecule has 0 unspecified atom stereocenters. The van der Waals surface area contributed by atoms with Crippen LogP contribution in [0.3, 0.4) is 0 Å². The first-order chi connectivity index (χ1) is 9.99. The molecule has 22 heavy (non-hydrogen) atoms. The lowest BCUT2D eigenvalue weighted by molar-refractivity contribution is -0.124. The van der Waals surface area contributed by atoms with Crippen molar-refractivity contribution in [3.63, 3.8) is 0 Å². The van der Waals surface area contributed by atoms with Gasteiger partial charge in [-0.25, -0.2) is 0 Å². The average molecular weight is 298 g/mol. The summed E-state index contributed by atoms with van der Waals surface area (Å²) in [5.41, 5.74) is 2.59. The van der Waals surface area contributed by atoms with Crippen LogP contribution in [0.1, 0.15) is 52.7 Å². The second kappa shape index (κ2) is 5.38. The molecule has 0 saturated heterocycles. The molecule has 0 spiro atoms. The highest BCUT2D eigenvalue weighted by Crippen LogP contribution is 2.31. The third kappa shape index (κ3) is 3.46. The van der Waals surface area contributed by atoms with Crippen LogP contribution < -0.4 is 0 Å². The number of amidine groups is 1. The van der Waals surface area contributed by atoms with Crippen LogP contribution >= 0.6 is 0 Å². The molecule has 0 saturated carbocycles. The minimum atomic E-state index is -0.302. The summed E-state index contributed by atoms with van der Waals surface area (Å²) in [6, 6.07) is 8.22. The molecule has 1 aromatic carbocycles. The summed E-state index contributed by atoms with van der Waals surface area (Å²) >= 11 is 0.